The second kappa shape index (κ2) is 6.30. The van der Waals surface area contributed by atoms with Crippen LogP contribution in [-0.4, -0.2) is 43.2 Å². The van der Waals surface area contributed by atoms with Crippen LogP contribution in [0.15, 0.2) is 16.7 Å². The maximum atomic E-state index is 10.8. The molecule has 0 spiro atoms. The first kappa shape index (κ1) is 12.7. The molecule has 0 fully saturated rings. The molecule has 0 aromatic carbocycles. The number of hydrogen-bond donors (Lipinski definition) is 2. The van der Waals surface area contributed by atoms with Crippen LogP contribution < -0.4 is 5.32 Å². The van der Waals surface area contributed by atoms with Gasteiger partial charge in [0.1, 0.15) is 0 Å². The van der Waals surface area contributed by atoms with Crippen LogP contribution in [-0.2, 0) is 6.54 Å². The minimum absolute atomic E-state index is 0.0421. The summed E-state index contributed by atoms with van der Waals surface area (Å²) in [6, 6.07) is 1.71. The fourth-order valence-corrected chi connectivity index (χ4v) is 1.54. The van der Waals surface area contributed by atoms with E-state index in [-0.39, 0.29) is 5.76 Å². The summed E-state index contributed by atoms with van der Waals surface area (Å²) >= 11 is 0. The third kappa shape index (κ3) is 3.67. The number of rotatable bonds is 7. The molecular weight excluding hydrogens is 208 g/mol. The van der Waals surface area contributed by atoms with Crippen molar-refractivity contribution in [2.24, 2.45) is 0 Å². The van der Waals surface area contributed by atoms with Crippen molar-refractivity contribution in [1.82, 2.24) is 10.2 Å². The van der Waals surface area contributed by atoms with Crippen LogP contribution in [0, 0.1) is 0 Å². The standard InChI is InChI=1S/C11H18N2O3/c1-12-5-3-6-13(2)8-9-4-7-16-10(9)11(14)15/h4,7,12H,3,5-6,8H2,1-2H3,(H,14,15). The lowest BCUT2D eigenvalue weighted by atomic mass is 10.2. The Morgan fingerprint density at radius 2 is 2.38 bits per heavy atom. The molecule has 0 amide bonds. The van der Waals surface area contributed by atoms with Gasteiger partial charge in [-0.25, -0.2) is 4.79 Å². The third-order valence-electron chi connectivity index (χ3n) is 2.35. The van der Waals surface area contributed by atoms with E-state index in [1.54, 1.807) is 6.07 Å². The summed E-state index contributed by atoms with van der Waals surface area (Å²) < 4.78 is 4.91. The average molecular weight is 226 g/mol. The van der Waals surface area contributed by atoms with Crippen LogP contribution in [0.3, 0.4) is 0 Å². The van der Waals surface area contributed by atoms with Gasteiger partial charge >= 0.3 is 5.97 Å². The maximum absolute atomic E-state index is 10.8. The van der Waals surface area contributed by atoms with Crippen molar-refractivity contribution in [3.63, 3.8) is 0 Å². The molecule has 1 rings (SSSR count). The Bertz CT molecular complexity index is 336. The molecule has 5 nitrogen and oxygen atoms in total. The first-order chi connectivity index (χ1) is 7.65. The highest BCUT2D eigenvalue weighted by Crippen LogP contribution is 2.12. The van der Waals surface area contributed by atoms with Gasteiger partial charge in [0.05, 0.1) is 6.26 Å². The molecule has 0 saturated carbocycles. The summed E-state index contributed by atoms with van der Waals surface area (Å²) in [5.74, 6) is -0.968. The van der Waals surface area contributed by atoms with Crippen LogP contribution in [0.1, 0.15) is 22.5 Å². The zero-order valence-electron chi connectivity index (χ0n) is 9.69. The Labute approximate surface area is 95.0 Å². The molecule has 2 N–H and O–H groups in total. The monoisotopic (exact) mass is 226 g/mol. The Kier molecular flexibility index (Phi) is 5.01. The average Bonchev–Trinajstić information content (AvgIpc) is 2.66. The number of carboxylic acids is 1. The van der Waals surface area contributed by atoms with Gasteiger partial charge in [0.25, 0.3) is 0 Å². The SMILES string of the molecule is CNCCCN(C)Cc1ccoc1C(=O)O. The molecule has 0 saturated heterocycles. The molecule has 0 bridgehead atoms. The Morgan fingerprint density at radius 1 is 1.62 bits per heavy atom. The molecule has 1 aromatic rings. The van der Waals surface area contributed by atoms with E-state index in [0.29, 0.717) is 6.54 Å². The van der Waals surface area contributed by atoms with E-state index >= 15 is 0 Å². The molecule has 0 radical (unpaired) electrons. The lowest BCUT2D eigenvalue weighted by molar-refractivity contribution is 0.0659. The summed E-state index contributed by atoms with van der Waals surface area (Å²) in [5, 5.41) is 11.9. The molecule has 0 aliphatic heterocycles. The van der Waals surface area contributed by atoms with Gasteiger partial charge in [-0.1, -0.05) is 0 Å². The number of carbonyl (C=O) groups is 1. The van der Waals surface area contributed by atoms with E-state index in [4.69, 9.17) is 9.52 Å². The van der Waals surface area contributed by atoms with Crippen LogP contribution >= 0.6 is 0 Å². The van der Waals surface area contributed by atoms with Crippen molar-refractivity contribution in [2.75, 3.05) is 27.2 Å². The topological polar surface area (TPSA) is 65.7 Å². The van der Waals surface area contributed by atoms with Gasteiger partial charge in [0.2, 0.25) is 5.76 Å². The summed E-state index contributed by atoms with van der Waals surface area (Å²) in [5.41, 5.74) is 0.722. The molecule has 16 heavy (non-hydrogen) atoms. The molecule has 1 aromatic heterocycles. The molecular formula is C11H18N2O3. The van der Waals surface area contributed by atoms with Gasteiger partial charge in [-0.05, 0) is 39.7 Å². The predicted molar refractivity (Wildman–Crippen MR) is 60.5 cm³/mol. The Hall–Kier alpha value is -1.33. The summed E-state index contributed by atoms with van der Waals surface area (Å²) in [6.45, 7) is 2.48. The van der Waals surface area contributed by atoms with Crippen molar-refractivity contribution in [3.8, 4) is 0 Å². The van der Waals surface area contributed by atoms with E-state index in [0.717, 1.165) is 25.1 Å². The number of aromatic carboxylic acids is 1. The largest absolute Gasteiger partial charge is 0.475 e. The van der Waals surface area contributed by atoms with Gasteiger partial charge in [-0.3, -0.25) is 0 Å². The fourth-order valence-electron chi connectivity index (χ4n) is 1.54. The minimum Gasteiger partial charge on any atom is -0.475 e. The van der Waals surface area contributed by atoms with Crippen molar-refractivity contribution in [1.29, 1.82) is 0 Å². The normalized spacial score (nSPS) is 10.9. The fraction of sp³-hybridized carbons (Fsp3) is 0.545. The summed E-state index contributed by atoms with van der Waals surface area (Å²) in [6.07, 6.45) is 2.45. The number of nitrogens with zero attached hydrogens (tertiary/aromatic N) is 1. The number of nitrogens with one attached hydrogen (secondary N) is 1. The Balaban J connectivity index is 2.46. The maximum Gasteiger partial charge on any atom is 0.372 e. The number of carboxylic acid groups (broad SMARTS) is 1. The first-order valence-corrected chi connectivity index (χ1v) is 5.28. The van der Waals surface area contributed by atoms with Crippen LogP contribution in [0.25, 0.3) is 0 Å². The second-order valence-electron chi connectivity index (χ2n) is 3.78. The van der Waals surface area contributed by atoms with E-state index in [1.807, 2.05) is 14.1 Å². The molecule has 0 aliphatic rings. The van der Waals surface area contributed by atoms with Crippen molar-refractivity contribution >= 4 is 5.97 Å². The van der Waals surface area contributed by atoms with Crippen molar-refractivity contribution in [3.05, 3.63) is 23.7 Å². The smallest absolute Gasteiger partial charge is 0.372 e. The highest BCUT2D eigenvalue weighted by molar-refractivity contribution is 5.86. The quantitative estimate of drug-likeness (QED) is 0.679. The highest BCUT2D eigenvalue weighted by Gasteiger charge is 2.14. The number of furan rings is 1. The van der Waals surface area contributed by atoms with Crippen LogP contribution in [0.5, 0.6) is 0 Å². The Morgan fingerprint density at radius 3 is 3.00 bits per heavy atom. The molecule has 0 atom stereocenters. The van der Waals surface area contributed by atoms with E-state index < -0.39 is 5.97 Å². The minimum atomic E-state index is -1.01. The molecule has 0 aliphatic carbocycles. The zero-order chi connectivity index (χ0) is 12.0. The van der Waals surface area contributed by atoms with Gasteiger partial charge in [-0.2, -0.15) is 0 Å². The summed E-state index contributed by atoms with van der Waals surface area (Å²) in [7, 11) is 3.88. The zero-order valence-corrected chi connectivity index (χ0v) is 9.69. The van der Waals surface area contributed by atoms with Crippen LogP contribution in [0.2, 0.25) is 0 Å². The van der Waals surface area contributed by atoms with Gasteiger partial charge < -0.3 is 19.7 Å². The van der Waals surface area contributed by atoms with E-state index in [2.05, 4.69) is 10.2 Å². The summed E-state index contributed by atoms with van der Waals surface area (Å²) in [4.78, 5) is 12.9. The molecule has 5 heteroatoms. The predicted octanol–water partition coefficient (Wildman–Crippen LogP) is 1.02. The lowest BCUT2D eigenvalue weighted by Gasteiger charge is -2.15. The second-order valence-corrected chi connectivity index (χ2v) is 3.78. The van der Waals surface area contributed by atoms with Gasteiger partial charge in [0, 0.05) is 12.1 Å². The highest BCUT2D eigenvalue weighted by atomic mass is 16.4. The molecule has 90 valence electrons. The van der Waals surface area contributed by atoms with E-state index in [1.165, 1.54) is 6.26 Å². The van der Waals surface area contributed by atoms with Gasteiger partial charge in [-0.15, -0.1) is 0 Å². The lowest BCUT2D eigenvalue weighted by Crippen LogP contribution is -2.23. The van der Waals surface area contributed by atoms with Crippen molar-refractivity contribution in [2.45, 2.75) is 13.0 Å². The van der Waals surface area contributed by atoms with E-state index in [9.17, 15) is 4.79 Å². The van der Waals surface area contributed by atoms with Gasteiger partial charge in [0.15, 0.2) is 0 Å². The first-order valence-electron chi connectivity index (χ1n) is 5.28. The third-order valence-corrected chi connectivity index (χ3v) is 2.35. The molecule has 0 unspecified atom stereocenters. The van der Waals surface area contributed by atoms with Crippen molar-refractivity contribution < 1.29 is 14.3 Å². The molecule has 1 heterocycles. The van der Waals surface area contributed by atoms with Crippen LogP contribution in [0.4, 0.5) is 0 Å². The number of hydrogen-bond acceptors (Lipinski definition) is 4.